The Morgan fingerprint density at radius 2 is 1.97 bits per heavy atom. The number of thiophene rings is 1. The molecule has 4 rings (SSSR count). The maximum atomic E-state index is 12.7. The highest BCUT2D eigenvalue weighted by molar-refractivity contribution is 7.07. The first-order chi connectivity index (χ1) is 13.7. The van der Waals surface area contributed by atoms with E-state index >= 15 is 0 Å². The van der Waals surface area contributed by atoms with Gasteiger partial charge in [-0.2, -0.15) is 29.6 Å². The van der Waals surface area contributed by atoms with Crippen molar-refractivity contribution in [3.8, 4) is 0 Å². The van der Waals surface area contributed by atoms with E-state index in [9.17, 15) is 18.0 Å². The largest absolute Gasteiger partial charge is 0.490 e. The highest BCUT2D eigenvalue weighted by Crippen LogP contribution is 2.33. The van der Waals surface area contributed by atoms with Crippen LogP contribution >= 0.6 is 11.3 Å². The van der Waals surface area contributed by atoms with E-state index in [0.29, 0.717) is 17.6 Å². The number of nitrogens with zero attached hydrogens (tertiary/aromatic N) is 4. The molecule has 0 spiro atoms. The molecule has 7 nitrogen and oxygen atoms in total. The van der Waals surface area contributed by atoms with Gasteiger partial charge in [0.25, 0.3) is 5.91 Å². The van der Waals surface area contributed by atoms with Crippen LogP contribution in [-0.2, 0) is 18.4 Å². The van der Waals surface area contributed by atoms with Crippen LogP contribution in [0.4, 0.5) is 13.2 Å². The van der Waals surface area contributed by atoms with Crippen molar-refractivity contribution in [3.63, 3.8) is 0 Å². The van der Waals surface area contributed by atoms with Gasteiger partial charge in [0.05, 0.1) is 11.8 Å². The van der Waals surface area contributed by atoms with Gasteiger partial charge in [0, 0.05) is 45.0 Å². The number of aryl methyl sites for hydroxylation is 1. The Bertz CT molecular complexity index is 853. The maximum absolute atomic E-state index is 12.7. The lowest BCUT2D eigenvalue weighted by molar-refractivity contribution is -0.192. The molecule has 2 aromatic rings. The standard InChI is InChI=1S/C16H20N4OS.C2HF3O2/c1-18-10-13(8-17-18)16(21)20-6-3-14-15(20)2-5-19(14)9-12-4-7-22-11-12;3-2(4,5)1(6)7/h4,7-8,10-11,14-15H,2-3,5-6,9H2,1H3;(H,6,7)/t14-,15+;/m1./s1. The molecular formula is C18H21F3N4O3S. The number of fused-ring (bicyclic) bond motifs is 1. The quantitative estimate of drug-likeness (QED) is 0.810. The average molecular weight is 430 g/mol. The van der Waals surface area contributed by atoms with Crippen LogP contribution in [0, 0.1) is 0 Å². The summed E-state index contributed by atoms with van der Waals surface area (Å²) in [6.45, 7) is 2.96. The highest BCUT2D eigenvalue weighted by atomic mass is 32.1. The number of carboxylic acids is 1. The molecular weight excluding hydrogens is 409 g/mol. The Balaban J connectivity index is 0.000000298. The van der Waals surface area contributed by atoms with E-state index in [2.05, 4.69) is 31.7 Å². The van der Waals surface area contributed by atoms with E-state index in [1.54, 1.807) is 22.2 Å². The van der Waals surface area contributed by atoms with Crippen LogP contribution in [0.5, 0.6) is 0 Å². The molecule has 2 fully saturated rings. The molecule has 0 unspecified atom stereocenters. The number of carbonyl (C=O) groups is 2. The fourth-order valence-corrected chi connectivity index (χ4v) is 4.50. The second-order valence-electron chi connectivity index (χ2n) is 7.02. The zero-order chi connectivity index (χ0) is 21.2. The summed E-state index contributed by atoms with van der Waals surface area (Å²) in [6.07, 6.45) is 0.573. The van der Waals surface area contributed by atoms with Gasteiger partial charge in [-0.15, -0.1) is 0 Å². The van der Waals surface area contributed by atoms with Crippen molar-refractivity contribution in [2.75, 3.05) is 13.1 Å². The van der Waals surface area contributed by atoms with Crippen LogP contribution in [0.2, 0.25) is 0 Å². The molecule has 0 radical (unpaired) electrons. The van der Waals surface area contributed by atoms with Crippen LogP contribution in [0.1, 0.15) is 28.8 Å². The second kappa shape index (κ2) is 8.54. The summed E-state index contributed by atoms with van der Waals surface area (Å²) in [5.41, 5.74) is 2.10. The fourth-order valence-electron chi connectivity index (χ4n) is 3.84. The summed E-state index contributed by atoms with van der Waals surface area (Å²) in [6, 6.07) is 3.08. The summed E-state index contributed by atoms with van der Waals surface area (Å²) < 4.78 is 33.4. The number of carbonyl (C=O) groups excluding carboxylic acids is 1. The summed E-state index contributed by atoms with van der Waals surface area (Å²) >= 11 is 1.75. The monoisotopic (exact) mass is 430 g/mol. The number of amides is 1. The van der Waals surface area contributed by atoms with Gasteiger partial charge in [-0.1, -0.05) is 0 Å². The first kappa shape index (κ1) is 21.3. The minimum atomic E-state index is -5.08. The van der Waals surface area contributed by atoms with Gasteiger partial charge in [-0.25, -0.2) is 4.79 Å². The van der Waals surface area contributed by atoms with Gasteiger partial charge >= 0.3 is 12.1 Å². The zero-order valence-corrected chi connectivity index (χ0v) is 16.5. The average Bonchev–Trinajstić information content (AvgIpc) is 3.41. The molecule has 1 amide bonds. The van der Waals surface area contributed by atoms with Crippen molar-refractivity contribution < 1.29 is 27.9 Å². The van der Waals surface area contributed by atoms with E-state index in [4.69, 9.17) is 9.90 Å². The minimum absolute atomic E-state index is 0.137. The third kappa shape index (κ3) is 4.96. The molecule has 0 saturated carbocycles. The van der Waals surface area contributed by atoms with Crippen LogP contribution in [0.3, 0.4) is 0 Å². The van der Waals surface area contributed by atoms with Gasteiger partial charge in [0.1, 0.15) is 0 Å². The van der Waals surface area contributed by atoms with Gasteiger partial charge in [0.2, 0.25) is 0 Å². The molecule has 2 saturated heterocycles. The normalized spacial score (nSPS) is 21.6. The molecule has 11 heteroatoms. The number of hydrogen-bond acceptors (Lipinski definition) is 5. The minimum Gasteiger partial charge on any atom is -0.475 e. The SMILES string of the molecule is Cn1cc(C(=O)N2CC[C@@H]3[C@@H]2CCN3Cc2ccsc2)cn1.O=C(O)C(F)(F)F. The number of likely N-dealkylation sites (tertiary alicyclic amines) is 2. The third-order valence-electron chi connectivity index (χ3n) is 5.11. The Morgan fingerprint density at radius 1 is 1.28 bits per heavy atom. The van der Waals surface area contributed by atoms with Crippen molar-refractivity contribution in [2.24, 2.45) is 7.05 Å². The highest BCUT2D eigenvalue weighted by Gasteiger charge is 2.44. The van der Waals surface area contributed by atoms with Crippen molar-refractivity contribution >= 4 is 23.2 Å². The van der Waals surface area contributed by atoms with Crippen LogP contribution in [0.15, 0.2) is 29.2 Å². The Morgan fingerprint density at radius 3 is 2.52 bits per heavy atom. The van der Waals surface area contributed by atoms with Crippen LogP contribution in [-0.4, -0.2) is 67.9 Å². The van der Waals surface area contributed by atoms with Gasteiger partial charge in [-0.3, -0.25) is 14.4 Å². The van der Waals surface area contributed by atoms with Gasteiger partial charge < -0.3 is 10.0 Å². The number of alkyl halides is 3. The molecule has 2 aromatic heterocycles. The first-order valence-corrected chi connectivity index (χ1v) is 9.96. The summed E-state index contributed by atoms with van der Waals surface area (Å²) in [5, 5.41) is 15.6. The predicted molar refractivity (Wildman–Crippen MR) is 99.5 cm³/mol. The van der Waals surface area contributed by atoms with Gasteiger partial charge in [0.15, 0.2) is 0 Å². The van der Waals surface area contributed by atoms with E-state index in [0.717, 1.165) is 32.5 Å². The Kier molecular flexibility index (Phi) is 6.27. The molecule has 2 aliphatic rings. The Labute approximate surface area is 169 Å². The predicted octanol–water partition coefficient (Wildman–Crippen LogP) is 2.60. The maximum Gasteiger partial charge on any atom is 0.490 e. The number of hydrogen-bond donors (Lipinski definition) is 1. The molecule has 0 aromatic carbocycles. The van der Waals surface area contributed by atoms with Crippen molar-refractivity contribution in [1.82, 2.24) is 19.6 Å². The van der Waals surface area contributed by atoms with Crippen LogP contribution in [0.25, 0.3) is 0 Å². The zero-order valence-electron chi connectivity index (χ0n) is 15.7. The van der Waals surface area contributed by atoms with Crippen LogP contribution < -0.4 is 0 Å². The van der Waals surface area contributed by atoms with E-state index in [1.807, 2.05) is 13.2 Å². The summed E-state index contributed by atoms with van der Waals surface area (Å²) in [5.74, 6) is -2.62. The third-order valence-corrected chi connectivity index (χ3v) is 5.84. The lowest BCUT2D eigenvalue weighted by atomic mass is 10.1. The second-order valence-corrected chi connectivity index (χ2v) is 7.80. The summed E-state index contributed by atoms with van der Waals surface area (Å²) in [7, 11) is 1.85. The van der Waals surface area contributed by atoms with Crippen molar-refractivity contribution in [2.45, 2.75) is 37.6 Å². The lowest BCUT2D eigenvalue weighted by Crippen LogP contribution is -2.39. The molecule has 0 bridgehead atoms. The molecule has 4 heterocycles. The molecule has 2 atom stereocenters. The van der Waals surface area contributed by atoms with Crippen molar-refractivity contribution in [1.29, 1.82) is 0 Å². The topological polar surface area (TPSA) is 78.7 Å². The van der Waals surface area contributed by atoms with E-state index in [1.165, 1.54) is 5.56 Å². The summed E-state index contributed by atoms with van der Waals surface area (Å²) in [4.78, 5) is 26.2. The molecule has 29 heavy (non-hydrogen) atoms. The number of carboxylic acid groups (broad SMARTS) is 1. The molecule has 2 aliphatic heterocycles. The number of halogens is 3. The van der Waals surface area contributed by atoms with E-state index < -0.39 is 12.1 Å². The molecule has 1 N–H and O–H groups in total. The number of aliphatic carboxylic acids is 1. The van der Waals surface area contributed by atoms with Crippen molar-refractivity contribution in [3.05, 3.63) is 40.3 Å². The van der Waals surface area contributed by atoms with Gasteiger partial charge in [-0.05, 0) is 35.2 Å². The molecule has 158 valence electrons. The number of rotatable bonds is 3. The van der Waals surface area contributed by atoms with E-state index in [-0.39, 0.29) is 5.91 Å². The first-order valence-electron chi connectivity index (χ1n) is 9.01. The Hall–Kier alpha value is -2.40. The molecule has 0 aliphatic carbocycles. The number of aromatic nitrogens is 2. The fraction of sp³-hybridized carbons (Fsp3) is 0.500. The smallest absolute Gasteiger partial charge is 0.475 e. The lowest BCUT2D eigenvalue weighted by Gasteiger charge is -2.25.